The summed E-state index contributed by atoms with van der Waals surface area (Å²) < 4.78 is 5.20. The van der Waals surface area contributed by atoms with Crippen LogP contribution in [0.4, 0.5) is 5.69 Å². The first-order valence-electron chi connectivity index (χ1n) is 6.22. The van der Waals surface area contributed by atoms with Crippen LogP contribution in [-0.4, -0.2) is 24.5 Å². The molecule has 2 N–H and O–H groups in total. The molecular formula is C14H20N2O3. The Kier molecular flexibility index (Phi) is 6.02. The van der Waals surface area contributed by atoms with Crippen LogP contribution in [0.15, 0.2) is 24.3 Å². The van der Waals surface area contributed by atoms with Gasteiger partial charge in [0.2, 0.25) is 11.8 Å². The lowest BCUT2D eigenvalue weighted by molar-refractivity contribution is -0.127. The van der Waals surface area contributed by atoms with Crippen molar-refractivity contribution in [1.29, 1.82) is 0 Å². The Morgan fingerprint density at radius 3 is 2.37 bits per heavy atom. The van der Waals surface area contributed by atoms with Crippen LogP contribution in [0.3, 0.4) is 0 Å². The van der Waals surface area contributed by atoms with Gasteiger partial charge in [-0.25, -0.2) is 0 Å². The quantitative estimate of drug-likeness (QED) is 0.821. The molecule has 0 aliphatic heterocycles. The van der Waals surface area contributed by atoms with Gasteiger partial charge in [0.1, 0.15) is 6.61 Å². The van der Waals surface area contributed by atoms with Gasteiger partial charge in [0, 0.05) is 19.2 Å². The Morgan fingerprint density at radius 1 is 1.21 bits per heavy atom. The van der Waals surface area contributed by atoms with Gasteiger partial charge < -0.3 is 15.4 Å². The Labute approximate surface area is 113 Å². The number of amides is 2. The molecule has 0 atom stereocenters. The average molecular weight is 264 g/mol. The number of benzene rings is 1. The minimum absolute atomic E-state index is 0.0442. The summed E-state index contributed by atoms with van der Waals surface area (Å²) in [5, 5.41) is 5.45. The molecule has 0 heterocycles. The maximum Gasteiger partial charge on any atom is 0.246 e. The number of nitrogens with one attached hydrogen (secondary N) is 2. The van der Waals surface area contributed by atoms with E-state index in [4.69, 9.17) is 4.74 Å². The summed E-state index contributed by atoms with van der Waals surface area (Å²) in [6.45, 7) is 5.74. The van der Waals surface area contributed by atoms with E-state index in [1.54, 1.807) is 12.1 Å². The first-order valence-corrected chi connectivity index (χ1v) is 6.22. The highest BCUT2D eigenvalue weighted by atomic mass is 16.5. The number of ether oxygens (including phenoxy) is 1. The minimum Gasteiger partial charge on any atom is -0.369 e. The zero-order valence-corrected chi connectivity index (χ0v) is 11.5. The second-order valence-corrected chi connectivity index (χ2v) is 4.51. The van der Waals surface area contributed by atoms with Crippen molar-refractivity contribution >= 4 is 17.5 Å². The molecule has 0 unspecified atom stereocenters. The topological polar surface area (TPSA) is 67.4 Å². The smallest absolute Gasteiger partial charge is 0.246 e. The van der Waals surface area contributed by atoms with E-state index in [-0.39, 0.29) is 24.5 Å². The van der Waals surface area contributed by atoms with Gasteiger partial charge in [0.25, 0.3) is 0 Å². The van der Waals surface area contributed by atoms with Gasteiger partial charge in [0.15, 0.2) is 0 Å². The molecular weight excluding hydrogens is 244 g/mol. The Bertz CT molecular complexity index is 427. The molecule has 0 saturated carbocycles. The molecule has 0 fully saturated rings. The zero-order chi connectivity index (χ0) is 14.3. The summed E-state index contributed by atoms with van der Waals surface area (Å²) in [5.41, 5.74) is 1.71. The van der Waals surface area contributed by atoms with E-state index in [0.29, 0.717) is 6.54 Å². The lowest BCUT2D eigenvalue weighted by atomic mass is 10.2. The van der Waals surface area contributed by atoms with E-state index in [0.717, 1.165) is 11.3 Å². The van der Waals surface area contributed by atoms with Gasteiger partial charge in [-0.05, 0) is 31.5 Å². The average Bonchev–Trinajstić information content (AvgIpc) is 2.35. The number of rotatable bonds is 6. The van der Waals surface area contributed by atoms with Crippen LogP contribution in [0, 0.1) is 0 Å². The second kappa shape index (κ2) is 7.53. The van der Waals surface area contributed by atoms with Crippen molar-refractivity contribution in [2.24, 2.45) is 0 Å². The summed E-state index contributed by atoms with van der Waals surface area (Å²) in [5.74, 6) is -0.244. The lowest BCUT2D eigenvalue weighted by Crippen LogP contribution is -2.28. The summed E-state index contributed by atoms with van der Waals surface area (Å²) in [4.78, 5) is 22.3. The highest BCUT2D eigenvalue weighted by Gasteiger charge is 2.03. The van der Waals surface area contributed by atoms with Crippen LogP contribution < -0.4 is 10.6 Å². The number of hydrogen-bond acceptors (Lipinski definition) is 3. The molecule has 5 heteroatoms. The first-order chi connectivity index (χ1) is 8.97. The molecule has 0 aromatic heterocycles. The number of carbonyl (C=O) groups is 2. The van der Waals surface area contributed by atoms with Gasteiger partial charge in [0.05, 0.1) is 6.10 Å². The van der Waals surface area contributed by atoms with Crippen molar-refractivity contribution in [2.75, 3.05) is 11.9 Å². The van der Waals surface area contributed by atoms with Crippen molar-refractivity contribution in [1.82, 2.24) is 5.32 Å². The Morgan fingerprint density at radius 2 is 1.84 bits per heavy atom. The number of anilines is 1. The molecule has 0 saturated heterocycles. The molecule has 0 radical (unpaired) electrons. The number of hydrogen-bond donors (Lipinski definition) is 2. The van der Waals surface area contributed by atoms with Gasteiger partial charge in [-0.15, -0.1) is 0 Å². The predicted octanol–water partition coefficient (Wildman–Crippen LogP) is 1.69. The van der Waals surface area contributed by atoms with E-state index in [9.17, 15) is 9.59 Å². The van der Waals surface area contributed by atoms with Crippen LogP contribution in [0.5, 0.6) is 0 Å². The molecule has 104 valence electrons. The molecule has 1 rings (SSSR count). The van der Waals surface area contributed by atoms with E-state index >= 15 is 0 Å². The summed E-state index contributed by atoms with van der Waals surface area (Å²) in [7, 11) is 0. The fourth-order valence-corrected chi connectivity index (χ4v) is 1.40. The standard InChI is InChI=1S/C14H20N2O3/c1-10(2)19-9-14(18)15-8-12-4-6-13(7-5-12)16-11(3)17/h4-7,10H,8-9H2,1-3H3,(H,15,18)(H,16,17). The summed E-state index contributed by atoms with van der Waals surface area (Å²) in [6, 6.07) is 7.31. The monoisotopic (exact) mass is 264 g/mol. The van der Waals surface area contributed by atoms with Gasteiger partial charge in [-0.3, -0.25) is 9.59 Å². The third kappa shape index (κ3) is 6.57. The summed E-state index contributed by atoms with van der Waals surface area (Å²) >= 11 is 0. The van der Waals surface area contributed by atoms with Crippen LogP contribution >= 0.6 is 0 Å². The molecule has 1 aromatic rings. The van der Waals surface area contributed by atoms with Gasteiger partial charge in [-0.2, -0.15) is 0 Å². The van der Waals surface area contributed by atoms with Crippen molar-refractivity contribution in [3.05, 3.63) is 29.8 Å². The molecule has 19 heavy (non-hydrogen) atoms. The fraction of sp³-hybridized carbons (Fsp3) is 0.429. The first kappa shape index (κ1) is 15.2. The van der Waals surface area contributed by atoms with Crippen LogP contribution in [0.1, 0.15) is 26.3 Å². The molecule has 0 spiro atoms. The maximum absolute atomic E-state index is 11.4. The highest BCUT2D eigenvalue weighted by molar-refractivity contribution is 5.88. The normalized spacial score (nSPS) is 10.3. The van der Waals surface area contributed by atoms with E-state index in [2.05, 4.69) is 10.6 Å². The van der Waals surface area contributed by atoms with E-state index in [1.807, 2.05) is 26.0 Å². The molecule has 0 aliphatic carbocycles. The van der Waals surface area contributed by atoms with Crippen molar-refractivity contribution in [3.63, 3.8) is 0 Å². The molecule has 0 aliphatic rings. The van der Waals surface area contributed by atoms with E-state index < -0.39 is 0 Å². The second-order valence-electron chi connectivity index (χ2n) is 4.51. The lowest BCUT2D eigenvalue weighted by Gasteiger charge is -2.09. The third-order valence-electron chi connectivity index (χ3n) is 2.31. The van der Waals surface area contributed by atoms with Gasteiger partial charge in [-0.1, -0.05) is 12.1 Å². The summed E-state index contributed by atoms with van der Waals surface area (Å²) in [6.07, 6.45) is 0.0442. The molecule has 2 amide bonds. The predicted molar refractivity (Wildman–Crippen MR) is 73.7 cm³/mol. The van der Waals surface area contributed by atoms with Crippen molar-refractivity contribution in [2.45, 2.75) is 33.4 Å². The third-order valence-corrected chi connectivity index (χ3v) is 2.31. The minimum atomic E-state index is -0.139. The van der Waals surface area contributed by atoms with Crippen LogP contribution in [-0.2, 0) is 20.9 Å². The van der Waals surface area contributed by atoms with E-state index in [1.165, 1.54) is 6.92 Å². The Hall–Kier alpha value is -1.88. The van der Waals surface area contributed by atoms with Crippen LogP contribution in [0.2, 0.25) is 0 Å². The van der Waals surface area contributed by atoms with Crippen LogP contribution in [0.25, 0.3) is 0 Å². The molecule has 0 bridgehead atoms. The van der Waals surface area contributed by atoms with Gasteiger partial charge >= 0.3 is 0 Å². The SMILES string of the molecule is CC(=O)Nc1ccc(CNC(=O)COC(C)C)cc1. The van der Waals surface area contributed by atoms with Crippen molar-refractivity contribution in [3.8, 4) is 0 Å². The molecule has 1 aromatic carbocycles. The zero-order valence-electron chi connectivity index (χ0n) is 11.5. The molecule has 5 nitrogen and oxygen atoms in total. The maximum atomic E-state index is 11.4. The largest absolute Gasteiger partial charge is 0.369 e. The van der Waals surface area contributed by atoms with Crippen molar-refractivity contribution < 1.29 is 14.3 Å². The highest BCUT2D eigenvalue weighted by Crippen LogP contribution is 2.09. The Balaban J connectivity index is 2.37. The fourth-order valence-electron chi connectivity index (χ4n) is 1.40. The number of carbonyl (C=O) groups excluding carboxylic acids is 2.